The molecular formula is C12H25NO4S. The molecule has 1 heterocycles. The second kappa shape index (κ2) is 5.86. The van der Waals surface area contributed by atoms with Crippen LogP contribution in [0.25, 0.3) is 0 Å². The van der Waals surface area contributed by atoms with E-state index in [1.165, 1.54) is 10.6 Å². The summed E-state index contributed by atoms with van der Waals surface area (Å²) in [5.74, 6) is 0.210. The molecule has 1 aliphatic heterocycles. The van der Waals surface area contributed by atoms with Gasteiger partial charge in [0, 0.05) is 12.6 Å². The molecule has 1 fully saturated rings. The summed E-state index contributed by atoms with van der Waals surface area (Å²) in [6, 6.07) is -0.272. The third-order valence-corrected chi connectivity index (χ3v) is 4.44. The molecule has 0 spiro atoms. The van der Waals surface area contributed by atoms with E-state index in [1.54, 1.807) is 0 Å². The quantitative estimate of drug-likeness (QED) is 0.828. The summed E-state index contributed by atoms with van der Waals surface area (Å²) in [7, 11) is -3.26. The van der Waals surface area contributed by atoms with Crippen molar-refractivity contribution >= 4 is 10.0 Å². The van der Waals surface area contributed by atoms with E-state index in [9.17, 15) is 13.5 Å². The Morgan fingerprint density at radius 3 is 2.39 bits per heavy atom. The van der Waals surface area contributed by atoms with Crippen LogP contribution in [0.4, 0.5) is 0 Å². The molecule has 6 heteroatoms. The molecule has 0 amide bonds. The van der Waals surface area contributed by atoms with Crippen LogP contribution in [0.1, 0.15) is 33.6 Å². The van der Waals surface area contributed by atoms with Crippen LogP contribution in [0.15, 0.2) is 0 Å². The van der Waals surface area contributed by atoms with E-state index in [4.69, 9.17) is 4.74 Å². The molecule has 0 aromatic heterocycles. The first kappa shape index (κ1) is 15.9. The first-order valence-electron chi connectivity index (χ1n) is 6.35. The number of ether oxygens (including phenoxy) is 1. The highest BCUT2D eigenvalue weighted by Gasteiger charge is 2.33. The average Bonchev–Trinajstić information content (AvgIpc) is 2.24. The Morgan fingerprint density at radius 2 is 1.94 bits per heavy atom. The summed E-state index contributed by atoms with van der Waals surface area (Å²) in [6.45, 7) is 6.86. The fraction of sp³-hybridized carbons (Fsp3) is 1.00. The van der Waals surface area contributed by atoms with Gasteiger partial charge in [-0.1, -0.05) is 0 Å². The SMILES string of the molecule is CC(C)(C)OCC1CCC(CO)N(S(C)(=O)=O)C1. The Kier molecular flexibility index (Phi) is 5.17. The molecule has 2 unspecified atom stereocenters. The van der Waals surface area contributed by atoms with E-state index in [0.29, 0.717) is 19.6 Å². The molecular weight excluding hydrogens is 254 g/mol. The Morgan fingerprint density at radius 1 is 1.33 bits per heavy atom. The molecule has 1 N–H and O–H groups in total. The summed E-state index contributed by atoms with van der Waals surface area (Å²) in [6.07, 6.45) is 2.79. The highest BCUT2D eigenvalue weighted by molar-refractivity contribution is 7.88. The zero-order valence-electron chi connectivity index (χ0n) is 11.7. The van der Waals surface area contributed by atoms with Gasteiger partial charge in [0.15, 0.2) is 0 Å². The van der Waals surface area contributed by atoms with Crippen molar-refractivity contribution in [2.45, 2.75) is 45.3 Å². The van der Waals surface area contributed by atoms with Crippen LogP contribution in [0.5, 0.6) is 0 Å². The molecule has 0 aromatic carbocycles. The highest BCUT2D eigenvalue weighted by atomic mass is 32.2. The van der Waals surface area contributed by atoms with Gasteiger partial charge in [0.25, 0.3) is 0 Å². The monoisotopic (exact) mass is 279 g/mol. The summed E-state index contributed by atoms with van der Waals surface area (Å²) in [5.41, 5.74) is -0.205. The molecule has 0 radical (unpaired) electrons. The maximum Gasteiger partial charge on any atom is 0.211 e. The third-order valence-electron chi connectivity index (χ3n) is 3.14. The fourth-order valence-corrected chi connectivity index (χ4v) is 3.35. The van der Waals surface area contributed by atoms with Gasteiger partial charge in [-0.25, -0.2) is 8.42 Å². The number of aliphatic hydroxyl groups excluding tert-OH is 1. The zero-order valence-corrected chi connectivity index (χ0v) is 12.5. The van der Waals surface area contributed by atoms with Crippen molar-refractivity contribution in [3.05, 3.63) is 0 Å². The van der Waals surface area contributed by atoms with E-state index < -0.39 is 10.0 Å². The first-order valence-corrected chi connectivity index (χ1v) is 8.20. The number of aliphatic hydroxyl groups is 1. The minimum Gasteiger partial charge on any atom is -0.395 e. The number of hydrogen-bond donors (Lipinski definition) is 1. The molecule has 0 saturated carbocycles. The van der Waals surface area contributed by atoms with Crippen molar-refractivity contribution in [3.63, 3.8) is 0 Å². The molecule has 1 rings (SSSR count). The Bertz CT molecular complexity index is 361. The van der Waals surface area contributed by atoms with Crippen LogP contribution >= 0.6 is 0 Å². The first-order chi connectivity index (χ1) is 8.13. The molecule has 18 heavy (non-hydrogen) atoms. The molecule has 108 valence electrons. The van der Waals surface area contributed by atoms with Crippen LogP contribution < -0.4 is 0 Å². The Labute approximate surface area is 110 Å². The second-order valence-corrected chi connectivity index (χ2v) is 7.97. The van der Waals surface area contributed by atoms with E-state index in [-0.39, 0.29) is 24.2 Å². The van der Waals surface area contributed by atoms with E-state index in [2.05, 4.69) is 0 Å². The van der Waals surface area contributed by atoms with Crippen molar-refractivity contribution in [2.24, 2.45) is 5.92 Å². The lowest BCUT2D eigenvalue weighted by atomic mass is 9.95. The lowest BCUT2D eigenvalue weighted by molar-refractivity contribution is -0.0348. The molecule has 0 bridgehead atoms. The van der Waals surface area contributed by atoms with Crippen LogP contribution in [-0.4, -0.2) is 55.5 Å². The van der Waals surface area contributed by atoms with Gasteiger partial charge >= 0.3 is 0 Å². The van der Waals surface area contributed by atoms with Crippen molar-refractivity contribution in [1.82, 2.24) is 4.31 Å². The number of nitrogens with zero attached hydrogens (tertiary/aromatic N) is 1. The maximum atomic E-state index is 11.7. The van der Waals surface area contributed by atoms with Crippen molar-refractivity contribution in [3.8, 4) is 0 Å². The predicted molar refractivity (Wildman–Crippen MR) is 70.9 cm³/mol. The summed E-state index contributed by atoms with van der Waals surface area (Å²) >= 11 is 0. The van der Waals surface area contributed by atoms with Crippen LogP contribution in [0.2, 0.25) is 0 Å². The Hall–Kier alpha value is -0.170. The lowest BCUT2D eigenvalue weighted by Crippen LogP contribution is -2.49. The van der Waals surface area contributed by atoms with E-state index >= 15 is 0 Å². The van der Waals surface area contributed by atoms with Crippen LogP contribution in [0.3, 0.4) is 0 Å². The predicted octanol–water partition coefficient (Wildman–Crippen LogP) is 0.834. The lowest BCUT2D eigenvalue weighted by Gasteiger charge is -2.37. The smallest absolute Gasteiger partial charge is 0.211 e. The molecule has 5 nitrogen and oxygen atoms in total. The number of piperidine rings is 1. The number of rotatable bonds is 4. The third kappa shape index (κ3) is 4.84. The maximum absolute atomic E-state index is 11.7. The minimum absolute atomic E-state index is 0.111. The summed E-state index contributed by atoms with van der Waals surface area (Å²) in [4.78, 5) is 0. The van der Waals surface area contributed by atoms with Gasteiger partial charge in [0.1, 0.15) is 0 Å². The molecule has 1 saturated heterocycles. The zero-order chi connectivity index (χ0) is 14.0. The molecule has 0 aliphatic carbocycles. The summed E-state index contributed by atoms with van der Waals surface area (Å²) in [5, 5.41) is 9.23. The van der Waals surface area contributed by atoms with Gasteiger partial charge in [-0.05, 0) is 39.5 Å². The van der Waals surface area contributed by atoms with Crippen LogP contribution in [-0.2, 0) is 14.8 Å². The van der Waals surface area contributed by atoms with Gasteiger partial charge < -0.3 is 9.84 Å². The minimum atomic E-state index is -3.26. The van der Waals surface area contributed by atoms with Crippen molar-refractivity contribution in [2.75, 3.05) is 26.0 Å². The van der Waals surface area contributed by atoms with Gasteiger partial charge in [0.05, 0.1) is 25.1 Å². The highest BCUT2D eigenvalue weighted by Crippen LogP contribution is 2.25. The summed E-state index contributed by atoms with van der Waals surface area (Å²) < 4.78 is 30.5. The Balaban J connectivity index is 2.62. The molecule has 0 aromatic rings. The largest absolute Gasteiger partial charge is 0.395 e. The molecule has 1 aliphatic rings. The number of hydrogen-bond acceptors (Lipinski definition) is 4. The van der Waals surface area contributed by atoms with Gasteiger partial charge in [-0.3, -0.25) is 0 Å². The topological polar surface area (TPSA) is 66.8 Å². The number of sulfonamides is 1. The molecule has 2 atom stereocenters. The average molecular weight is 279 g/mol. The van der Waals surface area contributed by atoms with E-state index in [0.717, 1.165) is 6.42 Å². The fourth-order valence-electron chi connectivity index (χ4n) is 2.16. The van der Waals surface area contributed by atoms with E-state index in [1.807, 2.05) is 20.8 Å². The van der Waals surface area contributed by atoms with Gasteiger partial charge in [0.2, 0.25) is 10.0 Å². The normalized spacial score (nSPS) is 27.4. The van der Waals surface area contributed by atoms with Crippen molar-refractivity contribution in [1.29, 1.82) is 0 Å². The second-order valence-electron chi connectivity index (χ2n) is 6.04. The van der Waals surface area contributed by atoms with Crippen molar-refractivity contribution < 1.29 is 18.3 Å². The standard InChI is InChI=1S/C12H25NO4S/c1-12(2,3)17-9-10-5-6-11(8-14)13(7-10)18(4,15)16/h10-11,14H,5-9H2,1-4H3. The van der Waals surface area contributed by atoms with Gasteiger partial charge in [-0.15, -0.1) is 0 Å². The van der Waals surface area contributed by atoms with Gasteiger partial charge in [-0.2, -0.15) is 4.31 Å². The van der Waals surface area contributed by atoms with Crippen LogP contribution in [0, 0.1) is 5.92 Å².